The average Bonchev–Trinajstić information content (AvgIpc) is 2.89. The second-order valence-corrected chi connectivity index (χ2v) is 5.64. The van der Waals surface area contributed by atoms with Crippen LogP contribution in [0.4, 0.5) is 0 Å². The Bertz CT molecular complexity index is 601. The number of carbonyl (C=O) groups excluding carboxylic acids is 1. The van der Waals surface area contributed by atoms with Crippen molar-refractivity contribution in [2.45, 2.75) is 26.2 Å². The van der Waals surface area contributed by atoms with Gasteiger partial charge in [-0.1, -0.05) is 6.92 Å². The fourth-order valence-corrected chi connectivity index (χ4v) is 2.82. The topological polar surface area (TPSA) is 52.3 Å². The van der Waals surface area contributed by atoms with Gasteiger partial charge in [-0.15, -0.1) is 11.3 Å². The third-order valence-electron chi connectivity index (χ3n) is 3.30. The molecule has 1 aliphatic carbocycles. The smallest absolute Gasteiger partial charge is 0.357 e. The number of esters is 1. The van der Waals surface area contributed by atoms with Crippen LogP contribution in [0.25, 0.3) is 10.8 Å². The standard InChI is InChI=1S/C14H15NO3S/c1-3-17-14(16)10-7-19-13(15-10)12-5-4-11(18-12)9-6-8(9)2/h4-5,7-9H,3,6H2,1-2H3. The Hall–Kier alpha value is -1.62. The Labute approximate surface area is 115 Å². The summed E-state index contributed by atoms with van der Waals surface area (Å²) >= 11 is 1.40. The summed E-state index contributed by atoms with van der Waals surface area (Å²) in [6, 6.07) is 3.93. The molecule has 1 saturated carbocycles. The van der Waals surface area contributed by atoms with Crippen LogP contribution in [0.2, 0.25) is 0 Å². The van der Waals surface area contributed by atoms with Crippen molar-refractivity contribution in [3.05, 3.63) is 29.0 Å². The van der Waals surface area contributed by atoms with Gasteiger partial charge in [0, 0.05) is 11.3 Å². The van der Waals surface area contributed by atoms with Gasteiger partial charge in [-0.05, 0) is 31.4 Å². The van der Waals surface area contributed by atoms with Crippen LogP contribution in [0, 0.1) is 5.92 Å². The van der Waals surface area contributed by atoms with Gasteiger partial charge in [-0.3, -0.25) is 0 Å². The van der Waals surface area contributed by atoms with Crippen molar-refractivity contribution in [2.75, 3.05) is 6.61 Å². The SMILES string of the molecule is CCOC(=O)c1csc(-c2ccc(C3CC3C)o2)n1. The van der Waals surface area contributed by atoms with Crippen LogP contribution in [0.1, 0.15) is 42.4 Å². The number of nitrogens with zero attached hydrogens (tertiary/aromatic N) is 1. The molecule has 2 atom stereocenters. The summed E-state index contributed by atoms with van der Waals surface area (Å²) < 4.78 is 10.7. The third-order valence-corrected chi connectivity index (χ3v) is 4.16. The molecular formula is C14H15NO3S. The summed E-state index contributed by atoms with van der Waals surface area (Å²) in [6.45, 7) is 4.35. The van der Waals surface area contributed by atoms with Crippen LogP contribution < -0.4 is 0 Å². The third kappa shape index (κ3) is 2.42. The van der Waals surface area contributed by atoms with Crippen molar-refractivity contribution >= 4 is 17.3 Å². The van der Waals surface area contributed by atoms with Crippen LogP contribution in [0.3, 0.4) is 0 Å². The largest absolute Gasteiger partial charge is 0.461 e. The van der Waals surface area contributed by atoms with E-state index in [0.29, 0.717) is 24.1 Å². The highest BCUT2D eigenvalue weighted by molar-refractivity contribution is 7.13. The molecule has 0 saturated heterocycles. The van der Waals surface area contributed by atoms with E-state index in [1.165, 1.54) is 17.8 Å². The van der Waals surface area contributed by atoms with Crippen LogP contribution in [0.5, 0.6) is 0 Å². The normalized spacial score (nSPS) is 21.4. The molecule has 2 unspecified atom stereocenters. The first-order valence-corrected chi connectivity index (χ1v) is 7.29. The van der Waals surface area contributed by atoms with Crippen molar-refractivity contribution < 1.29 is 13.9 Å². The number of ether oxygens (including phenoxy) is 1. The number of thiazole rings is 1. The monoisotopic (exact) mass is 277 g/mol. The van der Waals surface area contributed by atoms with E-state index < -0.39 is 0 Å². The van der Waals surface area contributed by atoms with E-state index in [4.69, 9.17) is 9.15 Å². The second kappa shape index (κ2) is 4.81. The fourth-order valence-electron chi connectivity index (χ4n) is 2.07. The molecule has 2 aromatic heterocycles. The van der Waals surface area contributed by atoms with Crippen LogP contribution >= 0.6 is 11.3 Å². The lowest BCUT2D eigenvalue weighted by atomic mass is 10.3. The maximum absolute atomic E-state index is 11.5. The quantitative estimate of drug-likeness (QED) is 0.799. The van der Waals surface area contributed by atoms with Gasteiger partial charge in [0.25, 0.3) is 0 Å². The molecule has 5 heteroatoms. The van der Waals surface area contributed by atoms with E-state index in [1.54, 1.807) is 12.3 Å². The zero-order valence-electron chi connectivity index (χ0n) is 10.9. The van der Waals surface area contributed by atoms with Crippen LogP contribution in [-0.4, -0.2) is 17.6 Å². The summed E-state index contributed by atoms with van der Waals surface area (Å²) in [5, 5.41) is 2.43. The minimum Gasteiger partial charge on any atom is -0.461 e. The minimum absolute atomic E-state index is 0.347. The first kappa shape index (κ1) is 12.4. The van der Waals surface area contributed by atoms with E-state index in [0.717, 1.165) is 16.5 Å². The van der Waals surface area contributed by atoms with Crippen LogP contribution in [0.15, 0.2) is 21.9 Å². The molecule has 19 heavy (non-hydrogen) atoms. The molecule has 1 fully saturated rings. The Morgan fingerprint density at radius 2 is 2.37 bits per heavy atom. The highest BCUT2D eigenvalue weighted by Crippen LogP contribution is 2.48. The summed E-state index contributed by atoms with van der Waals surface area (Å²) in [4.78, 5) is 15.8. The Balaban J connectivity index is 1.78. The Kier molecular flexibility index (Phi) is 3.14. The summed E-state index contributed by atoms with van der Waals surface area (Å²) in [5.74, 6) is 2.64. The van der Waals surface area contributed by atoms with E-state index >= 15 is 0 Å². The molecule has 0 radical (unpaired) electrons. The van der Waals surface area contributed by atoms with E-state index in [2.05, 4.69) is 11.9 Å². The van der Waals surface area contributed by atoms with Crippen molar-refractivity contribution in [3.8, 4) is 10.8 Å². The van der Waals surface area contributed by atoms with Gasteiger partial charge in [0.2, 0.25) is 0 Å². The van der Waals surface area contributed by atoms with Gasteiger partial charge < -0.3 is 9.15 Å². The average molecular weight is 277 g/mol. The van der Waals surface area contributed by atoms with Crippen LogP contribution in [-0.2, 0) is 4.74 Å². The van der Waals surface area contributed by atoms with Crippen molar-refractivity contribution in [1.29, 1.82) is 0 Å². The fraction of sp³-hybridized carbons (Fsp3) is 0.429. The van der Waals surface area contributed by atoms with Crippen molar-refractivity contribution in [2.24, 2.45) is 5.92 Å². The molecule has 4 nitrogen and oxygen atoms in total. The first-order chi connectivity index (χ1) is 9.19. The lowest BCUT2D eigenvalue weighted by Gasteiger charge is -1.96. The van der Waals surface area contributed by atoms with E-state index in [9.17, 15) is 4.79 Å². The lowest BCUT2D eigenvalue weighted by molar-refractivity contribution is 0.0520. The van der Waals surface area contributed by atoms with Crippen molar-refractivity contribution in [3.63, 3.8) is 0 Å². The molecule has 3 rings (SSSR count). The number of hydrogen-bond acceptors (Lipinski definition) is 5. The van der Waals surface area contributed by atoms with E-state index in [1.807, 2.05) is 12.1 Å². The van der Waals surface area contributed by atoms with Gasteiger partial charge >= 0.3 is 5.97 Å². The summed E-state index contributed by atoms with van der Waals surface area (Å²) in [6.07, 6.45) is 1.19. The molecule has 0 N–H and O–H groups in total. The molecule has 2 aromatic rings. The van der Waals surface area contributed by atoms with Gasteiger partial charge in [0.1, 0.15) is 5.76 Å². The number of hydrogen-bond donors (Lipinski definition) is 0. The molecular weight excluding hydrogens is 262 g/mol. The summed E-state index contributed by atoms with van der Waals surface area (Å²) in [5.41, 5.74) is 0.347. The lowest BCUT2D eigenvalue weighted by Crippen LogP contribution is -2.04. The van der Waals surface area contributed by atoms with Gasteiger partial charge in [0.15, 0.2) is 16.5 Å². The number of rotatable bonds is 4. The van der Waals surface area contributed by atoms with E-state index in [-0.39, 0.29) is 5.97 Å². The first-order valence-electron chi connectivity index (χ1n) is 6.41. The zero-order valence-corrected chi connectivity index (χ0v) is 11.7. The summed E-state index contributed by atoms with van der Waals surface area (Å²) in [7, 11) is 0. The molecule has 2 heterocycles. The molecule has 100 valence electrons. The molecule has 1 aliphatic rings. The highest BCUT2D eigenvalue weighted by Gasteiger charge is 2.36. The predicted molar refractivity (Wildman–Crippen MR) is 72.3 cm³/mol. The maximum Gasteiger partial charge on any atom is 0.357 e. The zero-order chi connectivity index (χ0) is 13.4. The molecule has 0 bridgehead atoms. The molecule has 0 aromatic carbocycles. The molecule has 0 amide bonds. The number of furan rings is 1. The highest BCUT2D eigenvalue weighted by atomic mass is 32.1. The van der Waals surface area contributed by atoms with Gasteiger partial charge in [0.05, 0.1) is 6.61 Å². The second-order valence-electron chi connectivity index (χ2n) is 4.78. The maximum atomic E-state index is 11.5. The van der Waals surface area contributed by atoms with Gasteiger partial charge in [-0.2, -0.15) is 0 Å². The predicted octanol–water partition coefficient (Wildman–Crippen LogP) is 3.70. The Morgan fingerprint density at radius 3 is 3.05 bits per heavy atom. The Morgan fingerprint density at radius 1 is 1.58 bits per heavy atom. The molecule has 0 aliphatic heterocycles. The molecule has 0 spiro atoms. The van der Waals surface area contributed by atoms with Gasteiger partial charge in [-0.25, -0.2) is 9.78 Å². The van der Waals surface area contributed by atoms with Crippen molar-refractivity contribution in [1.82, 2.24) is 4.98 Å². The minimum atomic E-state index is -0.382. The number of carbonyl (C=O) groups is 1. The number of aromatic nitrogens is 1.